The van der Waals surface area contributed by atoms with Crippen LogP contribution in [0.3, 0.4) is 0 Å². The summed E-state index contributed by atoms with van der Waals surface area (Å²) in [5.41, 5.74) is -0.419. The monoisotopic (exact) mass is 225 g/mol. The maximum absolute atomic E-state index is 12.9. The average molecular weight is 225 g/mol. The molecule has 0 atom stereocenters. The van der Waals surface area contributed by atoms with Gasteiger partial charge < -0.3 is 10.4 Å². The van der Waals surface area contributed by atoms with Crippen molar-refractivity contribution in [3.8, 4) is 5.75 Å². The third-order valence-electron chi connectivity index (χ3n) is 2.54. The van der Waals surface area contributed by atoms with Crippen molar-refractivity contribution in [1.82, 2.24) is 5.32 Å². The fourth-order valence-corrected chi connectivity index (χ4v) is 1.15. The van der Waals surface area contributed by atoms with Crippen molar-refractivity contribution >= 4 is 5.91 Å². The van der Waals surface area contributed by atoms with E-state index < -0.39 is 11.7 Å². The number of phenolic OH excluding ortho intramolecular Hbond substituents is 1. The van der Waals surface area contributed by atoms with Gasteiger partial charge in [0.15, 0.2) is 0 Å². The van der Waals surface area contributed by atoms with Crippen molar-refractivity contribution in [3.63, 3.8) is 0 Å². The molecule has 0 aromatic heterocycles. The highest BCUT2D eigenvalue weighted by Crippen LogP contribution is 2.19. The van der Waals surface area contributed by atoms with Crippen molar-refractivity contribution in [2.75, 3.05) is 0 Å². The summed E-state index contributed by atoms with van der Waals surface area (Å²) in [6.07, 6.45) is 0.745. The predicted octanol–water partition coefficient (Wildman–Crippen LogP) is 2.45. The fraction of sp³-hybridized carbons (Fsp3) is 0.417. The molecule has 1 rings (SSSR count). The van der Waals surface area contributed by atoms with E-state index in [9.17, 15) is 14.3 Å². The molecule has 0 bridgehead atoms. The van der Waals surface area contributed by atoms with Crippen LogP contribution < -0.4 is 5.32 Å². The minimum Gasteiger partial charge on any atom is -0.507 e. The number of aromatic hydroxyl groups is 1. The van der Waals surface area contributed by atoms with E-state index in [0.717, 1.165) is 18.6 Å². The Labute approximate surface area is 94.3 Å². The zero-order chi connectivity index (χ0) is 12.3. The molecule has 0 aliphatic carbocycles. The molecule has 16 heavy (non-hydrogen) atoms. The molecule has 1 aromatic carbocycles. The summed E-state index contributed by atoms with van der Waals surface area (Å²) < 4.78 is 12.9. The summed E-state index contributed by atoms with van der Waals surface area (Å²) in [6, 6.07) is 3.30. The summed E-state index contributed by atoms with van der Waals surface area (Å²) in [4.78, 5) is 11.8. The molecule has 88 valence electrons. The number of nitrogens with one attached hydrogen (secondary N) is 1. The molecule has 0 saturated heterocycles. The topological polar surface area (TPSA) is 49.3 Å². The normalized spacial score (nSPS) is 11.2. The van der Waals surface area contributed by atoms with Gasteiger partial charge in [0, 0.05) is 5.54 Å². The van der Waals surface area contributed by atoms with Crippen LogP contribution in [0.25, 0.3) is 0 Å². The van der Waals surface area contributed by atoms with E-state index in [4.69, 9.17) is 0 Å². The third kappa shape index (κ3) is 2.95. The number of rotatable bonds is 3. The number of halogens is 1. The van der Waals surface area contributed by atoms with Crippen molar-refractivity contribution < 1.29 is 14.3 Å². The van der Waals surface area contributed by atoms with Gasteiger partial charge >= 0.3 is 0 Å². The first-order valence-corrected chi connectivity index (χ1v) is 5.17. The lowest BCUT2D eigenvalue weighted by molar-refractivity contribution is 0.0908. The lowest BCUT2D eigenvalue weighted by Gasteiger charge is -2.24. The molecule has 0 aliphatic rings. The Hall–Kier alpha value is -1.58. The number of carbonyl (C=O) groups is 1. The van der Waals surface area contributed by atoms with Crippen molar-refractivity contribution in [2.45, 2.75) is 32.7 Å². The van der Waals surface area contributed by atoms with Crippen molar-refractivity contribution in [3.05, 3.63) is 29.6 Å². The first kappa shape index (κ1) is 12.5. The molecule has 0 heterocycles. The molecule has 1 aromatic rings. The number of carbonyl (C=O) groups excluding carboxylic acids is 1. The van der Waals surface area contributed by atoms with E-state index in [0.29, 0.717) is 0 Å². The summed E-state index contributed by atoms with van der Waals surface area (Å²) in [5, 5.41) is 12.2. The van der Waals surface area contributed by atoms with Crippen LogP contribution in [-0.4, -0.2) is 16.6 Å². The summed E-state index contributed by atoms with van der Waals surface area (Å²) in [6.45, 7) is 5.66. The second kappa shape index (κ2) is 4.51. The van der Waals surface area contributed by atoms with Crippen LogP contribution in [0, 0.1) is 5.82 Å². The quantitative estimate of drug-likeness (QED) is 0.830. The Morgan fingerprint density at radius 1 is 1.50 bits per heavy atom. The zero-order valence-electron chi connectivity index (χ0n) is 9.67. The van der Waals surface area contributed by atoms with Crippen LogP contribution in [0.5, 0.6) is 5.75 Å². The minimum absolute atomic E-state index is 0.0403. The molecular formula is C12H16FNO2. The molecular weight excluding hydrogens is 209 g/mol. The molecule has 0 spiro atoms. The smallest absolute Gasteiger partial charge is 0.255 e. The number of amides is 1. The van der Waals surface area contributed by atoms with Gasteiger partial charge in [-0.2, -0.15) is 0 Å². The third-order valence-corrected chi connectivity index (χ3v) is 2.54. The van der Waals surface area contributed by atoms with Crippen molar-refractivity contribution in [2.24, 2.45) is 0 Å². The number of benzene rings is 1. The second-order valence-electron chi connectivity index (χ2n) is 4.35. The molecule has 0 fully saturated rings. The summed E-state index contributed by atoms with van der Waals surface area (Å²) in [7, 11) is 0. The summed E-state index contributed by atoms with van der Waals surface area (Å²) >= 11 is 0. The lowest BCUT2D eigenvalue weighted by Crippen LogP contribution is -2.42. The highest BCUT2D eigenvalue weighted by Gasteiger charge is 2.20. The van der Waals surface area contributed by atoms with Gasteiger partial charge in [-0.1, -0.05) is 6.92 Å². The van der Waals surface area contributed by atoms with Gasteiger partial charge in [0.2, 0.25) is 0 Å². The maximum Gasteiger partial charge on any atom is 0.255 e. The van der Waals surface area contributed by atoms with Gasteiger partial charge in [-0.25, -0.2) is 4.39 Å². The first-order valence-electron chi connectivity index (χ1n) is 5.17. The largest absolute Gasteiger partial charge is 0.507 e. The lowest BCUT2D eigenvalue weighted by atomic mass is 10.0. The molecule has 0 saturated carbocycles. The molecule has 1 amide bonds. The van der Waals surface area contributed by atoms with Crippen molar-refractivity contribution in [1.29, 1.82) is 0 Å². The molecule has 0 unspecified atom stereocenters. The minimum atomic E-state index is -0.544. The Bertz CT molecular complexity index is 402. The molecule has 3 nitrogen and oxygen atoms in total. The molecule has 4 heteroatoms. The van der Waals surface area contributed by atoms with E-state index in [1.807, 2.05) is 20.8 Å². The van der Waals surface area contributed by atoms with E-state index in [1.54, 1.807) is 0 Å². The standard InChI is InChI=1S/C12H16FNO2/c1-4-12(2,3)14-11(16)9-7-8(13)5-6-10(9)15/h5-7,15H,4H2,1-3H3,(H,14,16). The van der Waals surface area contributed by atoms with Gasteiger partial charge in [-0.3, -0.25) is 4.79 Å². The van der Waals surface area contributed by atoms with Crippen LogP contribution in [0.4, 0.5) is 4.39 Å². The van der Waals surface area contributed by atoms with Gasteiger partial charge in [0.05, 0.1) is 5.56 Å². The Morgan fingerprint density at radius 3 is 2.69 bits per heavy atom. The van der Waals surface area contributed by atoms with Crippen LogP contribution >= 0.6 is 0 Å². The van der Waals surface area contributed by atoms with Gasteiger partial charge in [-0.15, -0.1) is 0 Å². The van der Waals surface area contributed by atoms with Gasteiger partial charge in [0.25, 0.3) is 5.91 Å². The Balaban J connectivity index is 2.93. The Kier molecular flexibility index (Phi) is 3.52. The van der Waals surface area contributed by atoms with E-state index in [2.05, 4.69) is 5.32 Å². The van der Waals surface area contributed by atoms with Crippen LogP contribution in [0.15, 0.2) is 18.2 Å². The predicted molar refractivity (Wildman–Crippen MR) is 59.9 cm³/mol. The molecule has 0 aliphatic heterocycles. The van der Waals surface area contributed by atoms with E-state index >= 15 is 0 Å². The molecule has 2 N–H and O–H groups in total. The second-order valence-corrected chi connectivity index (χ2v) is 4.35. The SMILES string of the molecule is CCC(C)(C)NC(=O)c1cc(F)ccc1O. The number of phenols is 1. The van der Waals surface area contributed by atoms with Crippen LogP contribution in [0.2, 0.25) is 0 Å². The van der Waals surface area contributed by atoms with E-state index in [-0.39, 0.29) is 16.9 Å². The zero-order valence-corrected chi connectivity index (χ0v) is 9.67. The first-order chi connectivity index (χ1) is 7.35. The summed E-state index contributed by atoms with van der Waals surface area (Å²) in [5.74, 6) is -1.23. The van der Waals surface area contributed by atoms with Crippen LogP contribution in [-0.2, 0) is 0 Å². The fourth-order valence-electron chi connectivity index (χ4n) is 1.15. The Morgan fingerprint density at radius 2 is 2.12 bits per heavy atom. The highest BCUT2D eigenvalue weighted by molar-refractivity contribution is 5.97. The average Bonchev–Trinajstić information content (AvgIpc) is 2.21. The number of hydrogen-bond donors (Lipinski definition) is 2. The number of hydrogen-bond acceptors (Lipinski definition) is 2. The van der Waals surface area contributed by atoms with E-state index in [1.165, 1.54) is 6.07 Å². The maximum atomic E-state index is 12.9. The van der Waals surface area contributed by atoms with Gasteiger partial charge in [0.1, 0.15) is 11.6 Å². The van der Waals surface area contributed by atoms with Crippen LogP contribution in [0.1, 0.15) is 37.6 Å². The van der Waals surface area contributed by atoms with Gasteiger partial charge in [-0.05, 0) is 38.5 Å². The highest BCUT2D eigenvalue weighted by atomic mass is 19.1. The molecule has 0 radical (unpaired) electrons.